The minimum atomic E-state index is -0.613. The topological polar surface area (TPSA) is 100.0 Å². The molecular formula is C21H19FN6O2. The van der Waals surface area contributed by atoms with Crippen molar-refractivity contribution in [3.05, 3.63) is 52.7 Å². The van der Waals surface area contributed by atoms with Gasteiger partial charge >= 0.3 is 6.03 Å². The molecule has 2 aliphatic heterocycles. The first-order chi connectivity index (χ1) is 14.5. The van der Waals surface area contributed by atoms with Gasteiger partial charge in [-0.15, -0.1) is 0 Å². The molecule has 0 unspecified atom stereocenters. The standard InChI is InChI=1S/C21H19FN6O2/c1-12-7-18-16(20-19-13(11-30-26-19)3-2-6-28(20)25-18)10-27(12)21(29)24-15-4-5-17(22)14(8-15)9-23/h4-5,8,11-12H,2-3,6-7,10H2,1H3,(H,24,29)/t12-/m1/s1. The highest BCUT2D eigenvalue weighted by atomic mass is 19.1. The second-order valence-electron chi connectivity index (χ2n) is 7.71. The molecule has 1 N–H and O–H groups in total. The monoisotopic (exact) mass is 406 g/mol. The number of carbonyl (C=O) groups is 1. The molecule has 0 aliphatic carbocycles. The predicted molar refractivity (Wildman–Crippen MR) is 105 cm³/mol. The number of urea groups is 1. The largest absolute Gasteiger partial charge is 0.364 e. The Morgan fingerprint density at radius 2 is 2.30 bits per heavy atom. The number of fused-ring (bicyclic) bond motifs is 5. The van der Waals surface area contributed by atoms with E-state index in [0.29, 0.717) is 18.7 Å². The Hall–Kier alpha value is -3.67. The van der Waals surface area contributed by atoms with Gasteiger partial charge in [-0.1, -0.05) is 5.16 Å². The van der Waals surface area contributed by atoms with Crippen LogP contribution < -0.4 is 5.32 Å². The van der Waals surface area contributed by atoms with Crippen molar-refractivity contribution < 1.29 is 13.7 Å². The van der Waals surface area contributed by atoms with Gasteiger partial charge in [0.2, 0.25) is 0 Å². The van der Waals surface area contributed by atoms with Crippen LogP contribution in [0.5, 0.6) is 0 Å². The number of nitrogens with zero attached hydrogens (tertiary/aromatic N) is 5. The molecule has 9 heteroatoms. The Labute approximate surface area is 171 Å². The van der Waals surface area contributed by atoms with Crippen LogP contribution in [0, 0.1) is 17.1 Å². The summed E-state index contributed by atoms with van der Waals surface area (Å²) in [7, 11) is 0. The van der Waals surface area contributed by atoms with E-state index in [1.807, 2.05) is 11.6 Å². The first-order valence-corrected chi connectivity index (χ1v) is 9.84. The highest BCUT2D eigenvalue weighted by molar-refractivity contribution is 5.90. The van der Waals surface area contributed by atoms with Crippen LogP contribution in [0.3, 0.4) is 0 Å². The van der Waals surface area contributed by atoms with Crippen LogP contribution >= 0.6 is 0 Å². The molecule has 0 radical (unpaired) electrons. The molecule has 0 fully saturated rings. The smallest absolute Gasteiger partial charge is 0.322 e. The highest BCUT2D eigenvalue weighted by Gasteiger charge is 2.34. The first-order valence-electron chi connectivity index (χ1n) is 9.84. The Morgan fingerprint density at radius 3 is 3.13 bits per heavy atom. The maximum absolute atomic E-state index is 13.6. The number of amides is 2. The number of nitrogens with one attached hydrogen (secondary N) is 1. The first kappa shape index (κ1) is 18.4. The lowest BCUT2D eigenvalue weighted by Crippen LogP contribution is -2.44. The van der Waals surface area contributed by atoms with E-state index in [9.17, 15) is 9.18 Å². The molecule has 3 aromatic rings. The Bertz CT molecular complexity index is 1190. The van der Waals surface area contributed by atoms with E-state index < -0.39 is 5.82 Å². The summed E-state index contributed by atoms with van der Waals surface area (Å²) >= 11 is 0. The third kappa shape index (κ3) is 2.92. The van der Waals surface area contributed by atoms with E-state index in [0.717, 1.165) is 47.6 Å². The Kier molecular flexibility index (Phi) is 4.28. The zero-order valence-corrected chi connectivity index (χ0v) is 16.4. The van der Waals surface area contributed by atoms with Crippen molar-refractivity contribution >= 4 is 11.7 Å². The van der Waals surface area contributed by atoms with Gasteiger partial charge in [0.05, 0.1) is 23.5 Å². The third-order valence-corrected chi connectivity index (χ3v) is 5.77. The van der Waals surface area contributed by atoms with Crippen molar-refractivity contribution in [3.63, 3.8) is 0 Å². The van der Waals surface area contributed by atoms with Crippen LogP contribution in [0.15, 0.2) is 29.0 Å². The number of hydrogen-bond donors (Lipinski definition) is 1. The molecule has 1 aromatic carbocycles. The molecular weight excluding hydrogens is 387 g/mol. The van der Waals surface area contributed by atoms with Gasteiger partial charge in [0.15, 0.2) is 0 Å². The molecule has 0 bridgehead atoms. The quantitative estimate of drug-likeness (QED) is 0.667. The van der Waals surface area contributed by atoms with Gasteiger partial charge in [0.25, 0.3) is 0 Å². The number of benzene rings is 1. The molecule has 2 aromatic heterocycles. The molecule has 152 valence electrons. The van der Waals surface area contributed by atoms with Gasteiger partial charge in [-0.05, 0) is 38.0 Å². The van der Waals surface area contributed by atoms with E-state index in [4.69, 9.17) is 14.9 Å². The molecule has 1 atom stereocenters. The van der Waals surface area contributed by atoms with Crippen molar-refractivity contribution in [2.75, 3.05) is 5.32 Å². The Balaban J connectivity index is 1.45. The van der Waals surface area contributed by atoms with E-state index >= 15 is 0 Å². The number of hydrogen-bond acceptors (Lipinski definition) is 5. The number of halogens is 1. The maximum atomic E-state index is 13.6. The summed E-state index contributed by atoms with van der Waals surface area (Å²) in [5.74, 6) is -0.613. The lowest BCUT2D eigenvalue weighted by Gasteiger charge is -2.33. The fraction of sp³-hybridized carbons (Fsp3) is 0.333. The van der Waals surface area contributed by atoms with Gasteiger partial charge < -0.3 is 14.7 Å². The van der Waals surface area contributed by atoms with Crippen molar-refractivity contribution in [2.45, 2.75) is 45.3 Å². The number of rotatable bonds is 1. The van der Waals surface area contributed by atoms with Crippen LogP contribution in [0.2, 0.25) is 0 Å². The maximum Gasteiger partial charge on any atom is 0.322 e. The molecule has 30 heavy (non-hydrogen) atoms. The minimum Gasteiger partial charge on any atom is -0.364 e. The summed E-state index contributed by atoms with van der Waals surface area (Å²) in [6.45, 7) is 3.15. The van der Waals surface area contributed by atoms with E-state index in [1.54, 1.807) is 17.2 Å². The van der Waals surface area contributed by atoms with Gasteiger partial charge in [0.1, 0.15) is 23.8 Å². The Morgan fingerprint density at radius 1 is 1.43 bits per heavy atom. The SMILES string of the molecule is C[C@@H]1Cc2nn3c(c2CN1C(=O)Nc1ccc(F)c(C#N)c1)-c1nocc1CCC3. The third-order valence-electron chi connectivity index (χ3n) is 5.77. The van der Waals surface area contributed by atoms with Crippen molar-refractivity contribution in [3.8, 4) is 17.5 Å². The van der Waals surface area contributed by atoms with E-state index in [1.165, 1.54) is 18.2 Å². The average molecular weight is 406 g/mol. The summed E-state index contributed by atoms with van der Waals surface area (Å²) in [6, 6.07) is 5.37. The normalized spacial score (nSPS) is 17.4. The summed E-state index contributed by atoms with van der Waals surface area (Å²) in [6.07, 6.45) is 4.14. The number of carbonyl (C=O) groups excluding carboxylic acids is 1. The molecule has 0 spiro atoms. The van der Waals surface area contributed by atoms with Crippen LogP contribution in [0.1, 0.15) is 35.7 Å². The van der Waals surface area contributed by atoms with Crippen LogP contribution in [-0.2, 0) is 25.9 Å². The second-order valence-corrected chi connectivity index (χ2v) is 7.71. The lowest BCUT2D eigenvalue weighted by atomic mass is 9.98. The lowest BCUT2D eigenvalue weighted by molar-refractivity contribution is 0.182. The van der Waals surface area contributed by atoms with Gasteiger partial charge in [0, 0.05) is 35.8 Å². The molecule has 8 nitrogen and oxygen atoms in total. The minimum absolute atomic E-state index is 0.0655. The molecule has 4 heterocycles. The number of aromatic nitrogens is 3. The van der Waals surface area contributed by atoms with E-state index in [-0.39, 0.29) is 17.6 Å². The number of aryl methyl sites for hydroxylation is 2. The van der Waals surface area contributed by atoms with Crippen LogP contribution in [0.25, 0.3) is 11.4 Å². The molecule has 0 saturated carbocycles. The molecule has 2 amide bonds. The highest BCUT2D eigenvalue weighted by Crippen LogP contribution is 2.36. The van der Waals surface area contributed by atoms with E-state index in [2.05, 4.69) is 10.5 Å². The van der Waals surface area contributed by atoms with Crippen LogP contribution in [0.4, 0.5) is 14.9 Å². The molecule has 0 saturated heterocycles. The predicted octanol–water partition coefficient (Wildman–Crippen LogP) is 3.47. The zero-order chi connectivity index (χ0) is 20.8. The summed E-state index contributed by atoms with van der Waals surface area (Å²) in [5, 5.41) is 20.8. The van der Waals surface area contributed by atoms with Gasteiger partial charge in [-0.3, -0.25) is 4.68 Å². The summed E-state index contributed by atoms with van der Waals surface area (Å²) in [5.41, 5.74) is 5.01. The zero-order valence-electron chi connectivity index (χ0n) is 16.4. The fourth-order valence-corrected chi connectivity index (χ4v) is 4.23. The van der Waals surface area contributed by atoms with Gasteiger partial charge in [-0.2, -0.15) is 10.4 Å². The van der Waals surface area contributed by atoms with Gasteiger partial charge in [-0.25, -0.2) is 9.18 Å². The van der Waals surface area contributed by atoms with Crippen LogP contribution in [-0.4, -0.2) is 31.9 Å². The molecule has 5 rings (SSSR count). The summed E-state index contributed by atoms with van der Waals surface area (Å²) < 4.78 is 20.8. The fourth-order valence-electron chi connectivity index (χ4n) is 4.23. The number of nitriles is 1. The van der Waals surface area contributed by atoms with Crippen molar-refractivity contribution in [2.24, 2.45) is 0 Å². The summed E-state index contributed by atoms with van der Waals surface area (Å²) in [4.78, 5) is 14.7. The second kappa shape index (κ2) is 6.99. The molecule has 2 aliphatic rings. The van der Waals surface area contributed by atoms with Crippen molar-refractivity contribution in [1.82, 2.24) is 19.8 Å². The van der Waals surface area contributed by atoms with Crippen molar-refractivity contribution in [1.29, 1.82) is 5.26 Å². The number of anilines is 1. The average Bonchev–Trinajstić information content (AvgIpc) is 3.28.